The fourth-order valence-electron chi connectivity index (χ4n) is 3.72. The van der Waals surface area contributed by atoms with Crippen molar-refractivity contribution >= 4 is 17.5 Å². The van der Waals surface area contributed by atoms with Gasteiger partial charge in [0.2, 0.25) is 17.2 Å². The van der Waals surface area contributed by atoms with Gasteiger partial charge in [-0.2, -0.15) is 0 Å². The molecule has 0 saturated carbocycles. The molecule has 5 nitrogen and oxygen atoms in total. The first-order chi connectivity index (χ1) is 14.4. The van der Waals surface area contributed by atoms with Gasteiger partial charge in [-0.05, 0) is 37.5 Å². The second kappa shape index (κ2) is 11.9. The molecule has 1 atom stereocenters. The number of unbranched alkanes of at least 4 members (excludes halogenated alkanes) is 8. The van der Waals surface area contributed by atoms with E-state index in [9.17, 15) is 14.4 Å². The molecule has 0 N–H and O–H groups in total. The molecular weight excluding hydrogens is 380 g/mol. The number of hydrogen-bond donors (Lipinski definition) is 0. The van der Waals surface area contributed by atoms with Crippen molar-refractivity contribution in [3.63, 3.8) is 0 Å². The topological polar surface area (TPSA) is 69.7 Å². The molecule has 1 heterocycles. The summed E-state index contributed by atoms with van der Waals surface area (Å²) < 4.78 is 11.0. The highest BCUT2D eigenvalue weighted by atomic mass is 16.6. The zero-order chi connectivity index (χ0) is 22.0. The van der Waals surface area contributed by atoms with Crippen LogP contribution in [0.3, 0.4) is 0 Å². The lowest BCUT2D eigenvalue weighted by molar-refractivity contribution is -0.169. The van der Waals surface area contributed by atoms with E-state index in [1.807, 2.05) is 0 Å². The van der Waals surface area contributed by atoms with Crippen molar-refractivity contribution < 1.29 is 23.9 Å². The molecule has 0 aromatic carbocycles. The largest absolute Gasteiger partial charge is 0.469 e. The van der Waals surface area contributed by atoms with Crippen LogP contribution in [0.4, 0.5) is 0 Å². The Hall–Kier alpha value is -2.17. The summed E-state index contributed by atoms with van der Waals surface area (Å²) in [5.41, 5.74) is -0.958. The number of ketones is 2. The second-order valence-electron chi connectivity index (χ2n) is 8.39. The molecule has 0 saturated heterocycles. The summed E-state index contributed by atoms with van der Waals surface area (Å²) in [6, 6.07) is 0. The number of fused-ring (bicyclic) bond motifs is 1. The number of esters is 1. The van der Waals surface area contributed by atoms with E-state index in [0.717, 1.165) is 50.7 Å². The first-order valence-corrected chi connectivity index (χ1v) is 11.5. The van der Waals surface area contributed by atoms with Gasteiger partial charge < -0.3 is 9.47 Å². The third-order valence-corrected chi connectivity index (χ3v) is 5.72. The summed E-state index contributed by atoms with van der Waals surface area (Å²) in [6.07, 6.45) is 16.3. The molecule has 1 aliphatic carbocycles. The summed E-state index contributed by atoms with van der Waals surface area (Å²) in [7, 11) is 0. The average Bonchev–Trinajstić information content (AvgIpc) is 2.72. The Morgan fingerprint density at radius 1 is 0.933 bits per heavy atom. The van der Waals surface area contributed by atoms with Gasteiger partial charge in [0.1, 0.15) is 12.0 Å². The van der Waals surface area contributed by atoms with E-state index in [1.54, 1.807) is 6.08 Å². The zero-order valence-corrected chi connectivity index (χ0v) is 18.8. The van der Waals surface area contributed by atoms with E-state index in [-0.39, 0.29) is 6.42 Å². The zero-order valence-electron chi connectivity index (χ0n) is 18.8. The minimum atomic E-state index is -1.80. The van der Waals surface area contributed by atoms with E-state index in [2.05, 4.69) is 13.8 Å². The lowest BCUT2D eigenvalue weighted by Gasteiger charge is -2.31. The maximum Gasteiger partial charge on any atom is 0.307 e. The predicted octanol–water partition coefficient (Wildman–Crippen LogP) is 5.89. The summed E-state index contributed by atoms with van der Waals surface area (Å²) in [5, 5.41) is 0. The average molecular weight is 417 g/mol. The normalized spacial score (nSPS) is 20.7. The Morgan fingerprint density at radius 3 is 2.23 bits per heavy atom. The smallest absolute Gasteiger partial charge is 0.307 e. The number of ether oxygens (including phenoxy) is 2. The molecule has 5 heteroatoms. The van der Waals surface area contributed by atoms with Crippen molar-refractivity contribution in [3.05, 3.63) is 35.3 Å². The Morgan fingerprint density at radius 2 is 1.57 bits per heavy atom. The molecule has 0 radical (unpaired) electrons. The summed E-state index contributed by atoms with van der Waals surface area (Å²) >= 11 is 0. The molecule has 2 aliphatic rings. The summed E-state index contributed by atoms with van der Waals surface area (Å²) in [5.74, 6) is -0.745. The van der Waals surface area contributed by atoms with Gasteiger partial charge in [0, 0.05) is 12.8 Å². The monoisotopic (exact) mass is 416 g/mol. The van der Waals surface area contributed by atoms with Gasteiger partial charge >= 0.3 is 5.97 Å². The molecule has 2 rings (SSSR count). The lowest BCUT2D eigenvalue weighted by Crippen LogP contribution is -2.50. The molecule has 0 amide bonds. The van der Waals surface area contributed by atoms with Crippen LogP contribution >= 0.6 is 0 Å². The Labute approximate surface area is 180 Å². The number of Topliss-reactive ketones (excluding diaryl/α,β-unsaturated/α-hetero) is 1. The molecule has 0 spiro atoms. The summed E-state index contributed by atoms with van der Waals surface area (Å²) in [4.78, 5) is 37.9. The van der Waals surface area contributed by atoms with Crippen LogP contribution in [0.15, 0.2) is 35.3 Å². The molecule has 166 valence electrons. The van der Waals surface area contributed by atoms with Crippen LogP contribution in [0.25, 0.3) is 0 Å². The Kier molecular flexibility index (Phi) is 9.54. The molecule has 0 bridgehead atoms. The number of hydrogen-bond acceptors (Lipinski definition) is 5. The maximum atomic E-state index is 13.0. The van der Waals surface area contributed by atoms with Crippen LogP contribution in [0, 0.1) is 0 Å². The van der Waals surface area contributed by atoms with E-state index < -0.39 is 23.1 Å². The van der Waals surface area contributed by atoms with Crippen molar-refractivity contribution in [2.75, 3.05) is 0 Å². The van der Waals surface area contributed by atoms with Gasteiger partial charge in [0.25, 0.3) is 0 Å². The van der Waals surface area contributed by atoms with Crippen molar-refractivity contribution in [3.8, 4) is 0 Å². The molecule has 1 aliphatic heterocycles. The lowest BCUT2D eigenvalue weighted by atomic mass is 9.80. The maximum absolute atomic E-state index is 13.0. The molecule has 30 heavy (non-hydrogen) atoms. The fourth-order valence-corrected chi connectivity index (χ4v) is 3.72. The van der Waals surface area contributed by atoms with Crippen molar-refractivity contribution in [1.82, 2.24) is 0 Å². The highest BCUT2D eigenvalue weighted by Gasteiger charge is 2.49. The van der Waals surface area contributed by atoms with Gasteiger partial charge in [0.15, 0.2) is 0 Å². The standard InChI is InChI=1S/C25H36O5/c1-4-6-8-10-12-14-20-16-19-17-22(26)25(3,24(28)21(19)18-29-20)30-23(27)15-13-11-9-7-5-2/h16-18H,4-15H2,1-3H3/t25-/m0/s1. The van der Waals surface area contributed by atoms with Crippen molar-refractivity contribution in [2.24, 2.45) is 0 Å². The Balaban J connectivity index is 1.95. The number of rotatable bonds is 13. The minimum absolute atomic E-state index is 0.216. The van der Waals surface area contributed by atoms with Gasteiger partial charge in [-0.3, -0.25) is 14.4 Å². The number of carbonyl (C=O) groups is 3. The van der Waals surface area contributed by atoms with E-state index >= 15 is 0 Å². The molecule has 0 fully saturated rings. The van der Waals surface area contributed by atoms with Gasteiger partial charge in [0.05, 0.1) is 5.57 Å². The molecular formula is C25H36O5. The first-order valence-electron chi connectivity index (χ1n) is 11.5. The van der Waals surface area contributed by atoms with Gasteiger partial charge in [-0.1, -0.05) is 65.2 Å². The van der Waals surface area contributed by atoms with Crippen molar-refractivity contribution in [1.29, 1.82) is 0 Å². The third-order valence-electron chi connectivity index (χ3n) is 5.72. The molecule has 0 aromatic heterocycles. The van der Waals surface area contributed by atoms with E-state index in [4.69, 9.17) is 9.47 Å². The SMILES string of the molecule is CCCCCCCC(=O)O[C@@]1(C)C(=O)C=C2C=C(CCCCCCC)OC=C2C1=O. The second-order valence-corrected chi connectivity index (χ2v) is 8.39. The van der Waals surface area contributed by atoms with Crippen LogP contribution in [0.2, 0.25) is 0 Å². The van der Waals surface area contributed by atoms with Crippen molar-refractivity contribution in [2.45, 2.75) is 103 Å². The molecule has 0 aromatic rings. The van der Waals surface area contributed by atoms with Crippen LogP contribution in [-0.4, -0.2) is 23.1 Å². The highest BCUT2D eigenvalue weighted by Crippen LogP contribution is 2.34. The van der Waals surface area contributed by atoms with E-state index in [1.165, 1.54) is 38.5 Å². The quantitative estimate of drug-likeness (QED) is 0.213. The molecule has 0 unspecified atom stereocenters. The predicted molar refractivity (Wildman–Crippen MR) is 117 cm³/mol. The fraction of sp³-hybridized carbons (Fsp3) is 0.640. The van der Waals surface area contributed by atoms with Crippen LogP contribution < -0.4 is 0 Å². The van der Waals surface area contributed by atoms with Crippen LogP contribution in [0.5, 0.6) is 0 Å². The number of allylic oxidation sites excluding steroid dienone is 3. The third kappa shape index (κ3) is 6.41. The van der Waals surface area contributed by atoms with Crippen LogP contribution in [0.1, 0.15) is 97.8 Å². The van der Waals surface area contributed by atoms with E-state index in [0.29, 0.717) is 17.6 Å². The van der Waals surface area contributed by atoms with Crippen LogP contribution in [-0.2, 0) is 23.9 Å². The van der Waals surface area contributed by atoms with Gasteiger partial charge in [-0.15, -0.1) is 0 Å². The summed E-state index contributed by atoms with van der Waals surface area (Å²) in [6.45, 7) is 5.70. The first kappa shape index (κ1) is 24.1. The highest BCUT2D eigenvalue weighted by molar-refractivity contribution is 6.26. The number of carbonyl (C=O) groups excluding carboxylic acids is 3. The Bertz CT molecular complexity index is 728. The minimum Gasteiger partial charge on any atom is -0.469 e. The van der Waals surface area contributed by atoms with Gasteiger partial charge in [-0.25, -0.2) is 0 Å².